The Labute approximate surface area is 78.5 Å². The minimum absolute atomic E-state index is 0. The van der Waals surface area contributed by atoms with Crippen LogP contribution in [0.5, 0.6) is 0 Å². The Bertz CT molecular complexity index is 105. The highest BCUT2D eigenvalue weighted by Gasteiger charge is 2.10. The van der Waals surface area contributed by atoms with Gasteiger partial charge in [0.1, 0.15) is 0 Å². The van der Waals surface area contributed by atoms with Crippen molar-refractivity contribution in [1.82, 2.24) is 0 Å². The van der Waals surface area contributed by atoms with E-state index in [1.165, 1.54) is 6.92 Å². The number of rotatable bonds is 1. The quantitative estimate of drug-likeness (QED) is 0.412. The molecule has 0 aliphatic rings. The fourth-order valence-electron chi connectivity index (χ4n) is 0.318. The second-order valence-corrected chi connectivity index (χ2v) is 3.34. The first-order chi connectivity index (χ1) is 3.92. The van der Waals surface area contributed by atoms with E-state index >= 15 is 0 Å². The molecule has 0 saturated carbocycles. The largest absolute Gasteiger partial charge is 0.465 e. The van der Waals surface area contributed by atoms with Crippen LogP contribution in [-0.2, 0) is 9.53 Å². The molecule has 0 fully saturated rings. The molecule has 0 amide bonds. The molecule has 0 aliphatic carbocycles. The molecule has 0 aromatic rings. The lowest BCUT2D eigenvalue weighted by molar-refractivity contribution is -0.143. The Kier molecular flexibility index (Phi) is 6.39. The molecule has 0 atom stereocenters. The fourth-order valence-corrected chi connectivity index (χ4v) is 0.318. The zero-order chi connectivity index (χ0) is 7.49. The molecular formula is C7H16MgO2. The lowest BCUT2D eigenvalue weighted by atomic mass is 9.99. The molecule has 0 bridgehead atoms. The van der Waals surface area contributed by atoms with Gasteiger partial charge >= 0.3 is 29.0 Å². The number of esters is 1. The SMILES string of the molecule is CC(=O)OCC(C)(C)C.[MgH2]. The van der Waals surface area contributed by atoms with Crippen LogP contribution in [0, 0.1) is 5.41 Å². The summed E-state index contributed by atoms with van der Waals surface area (Å²) in [4.78, 5) is 10.3. The van der Waals surface area contributed by atoms with Crippen LogP contribution in [0.2, 0.25) is 0 Å². The van der Waals surface area contributed by atoms with E-state index in [-0.39, 0.29) is 34.4 Å². The van der Waals surface area contributed by atoms with E-state index in [9.17, 15) is 4.79 Å². The number of hydrogen-bond donors (Lipinski definition) is 0. The molecule has 0 heterocycles. The number of ether oxygens (including phenoxy) is 1. The van der Waals surface area contributed by atoms with E-state index < -0.39 is 0 Å². The van der Waals surface area contributed by atoms with E-state index in [4.69, 9.17) is 4.74 Å². The molecule has 0 spiro atoms. The average Bonchev–Trinajstić information content (AvgIpc) is 1.59. The summed E-state index contributed by atoms with van der Waals surface area (Å²) in [5.74, 6) is -0.204. The van der Waals surface area contributed by atoms with Gasteiger partial charge in [-0.25, -0.2) is 0 Å². The van der Waals surface area contributed by atoms with E-state index in [0.29, 0.717) is 6.61 Å². The minimum Gasteiger partial charge on any atom is -0.465 e. The van der Waals surface area contributed by atoms with Crippen molar-refractivity contribution in [2.75, 3.05) is 6.61 Å². The third-order valence-corrected chi connectivity index (χ3v) is 0.708. The summed E-state index contributed by atoms with van der Waals surface area (Å²) >= 11 is 0. The second-order valence-electron chi connectivity index (χ2n) is 3.34. The zero-order valence-corrected chi connectivity index (χ0v) is 6.52. The third kappa shape index (κ3) is 11.1. The van der Waals surface area contributed by atoms with Gasteiger partial charge in [0.2, 0.25) is 0 Å². The van der Waals surface area contributed by atoms with E-state index in [2.05, 4.69) is 0 Å². The molecule has 2 nitrogen and oxygen atoms in total. The predicted molar refractivity (Wildman–Crippen MR) is 44.6 cm³/mol. The van der Waals surface area contributed by atoms with E-state index in [1.807, 2.05) is 20.8 Å². The van der Waals surface area contributed by atoms with Crippen molar-refractivity contribution in [3.63, 3.8) is 0 Å². The number of carbonyl (C=O) groups excluding carboxylic acids is 1. The standard InChI is InChI=1S/C7H14O2.Mg.2H/c1-6(8)9-5-7(2,3)4;;;/h5H2,1-4H3;;;. The Morgan fingerprint density at radius 3 is 1.90 bits per heavy atom. The highest BCUT2D eigenvalue weighted by Crippen LogP contribution is 2.12. The van der Waals surface area contributed by atoms with Crippen LogP contribution in [-0.4, -0.2) is 35.6 Å². The number of hydrogen-bond acceptors (Lipinski definition) is 2. The Hall–Kier alpha value is 0.236. The van der Waals surface area contributed by atoms with Crippen LogP contribution in [0.25, 0.3) is 0 Å². The number of carbonyl (C=O) groups is 1. The molecular weight excluding hydrogens is 140 g/mol. The normalized spacial score (nSPS) is 10.0. The van der Waals surface area contributed by atoms with Crippen molar-refractivity contribution in [3.05, 3.63) is 0 Å². The van der Waals surface area contributed by atoms with Gasteiger partial charge in [-0.1, -0.05) is 20.8 Å². The van der Waals surface area contributed by atoms with Crippen molar-refractivity contribution in [1.29, 1.82) is 0 Å². The first kappa shape index (κ1) is 12.9. The fraction of sp³-hybridized carbons (Fsp3) is 0.857. The van der Waals surface area contributed by atoms with Gasteiger partial charge in [0.05, 0.1) is 6.61 Å². The van der Waals surface area contributed by atoms with Crippen LogP contribution in [0.1, 0.15) is 27.7 Å². The molecule has 3 heteroatoms. The van der Waals surface area contributed by atoms with Crippen molar-refractivity contribution in [3.8, 4) is 0 Å². The highest BCUT2D eigenvalue weighted by atomic mass is 24.3. The summed E-state index contributed by atoms with van der Waals surface area (Å²) in [5.41, 5.74) is 0.0890. The monoisotopic (exact) mass is 156 g/mol. The van der Waals surface area contributed by atoms with Crippen LogP contribution < -0.4 is 0 Å². The van der Waals surface area contributed by atoms with Crippen LogP contribution in [0.15, 0.2) is 0 Å². The first-order valence-electron chi connectivity index (χ1n) is 3.05. The summed E-state index contributed by atoms with van der Waals surface area (Å²) < 4.78 is 4.77. The van der Waals surface area contributed by atoms with Gasteiger partial charge in [0, 0.05) is 6.92 Å². The first-order valence-corrected chi connectivity index (χ1v) is 3.05. The highest BCUT2D eigenvalue weighted by molar-refractivity contribution is 5.75. The summed E-state index contributed by atoms with van der Waals surface area (Å²) in [6.07, 6.45) is 0. The van der Waals surface area contributed by atoms with Crippen molar-refractivity contribution >= 4 is 29.0 Å². The predicted octanol–water partition coefficient (Wildman–Crippen LogP) is 0.679. The molecule has 0 N–H and O–H groups in total. The summed E-state index contributed by atoms with van der Waals surface area (Å²) in [7, 11) is 0. The van der Waals surface area contributed by atoms with Crippen molar-refractivity contribution < 1.29 is 9.53 Å². The maximum absolute atomic E-state index is 10.3. The summed E-state index contributed by atoms with van der Waals surface area (Å²) in [6.45, 7) is 8.00. The molecule has 0 aromatic carbocycles. The molecule has 0 aliphatic heterocycles. The molecule has 0 saturated heterocycles. The van der Waals surface area contributed by atoms with Crippen LogP contribution in [0.4, 0.5) is 0 Å². The van der Waals surface area contributed by atoms with Gasteiger partial charge in [-0.15, -0.1) is 0 Å². The molecule has 58 valence electrons. The maximum atomic E-state index is 10.3. The molecule has 0 unspecified atom stereocenters. The van der Waals surface area contributed by atoms with Gasteiger partial charge < -0.3 is 4.74 Å². The van der Waals surface area contributed by atoms with Gasteiger partial charge in [0.15, 0.2) is 0 Å². The van der Waals surface area contributed by atoms with Gasteiger partial charge in [-0.05, 0) is 5.41 Å². The third-order valence-electron chi connectivity index (χ3n) is 0.708. The summed E-state index contributed by atoms with van der Waals surface area (Å²) in [5, 5.41) is 0. The second kappa shape index (κ2) is 4.96. The Morgan fingerprint density at radius 1 is 1.40 bits per heavy atom. The molecule has 0 aromatic heterocycles. The maximum Gasteiger partial charge on any atom is 0.316 e. The zero-order valence-electron chi connectivity index (χ0n) is 6.52. The summed E-state index contributed by atoms with van der Waals surface area (Å²) in [6, 6.07) is 0. The minimum atomic E-state index is -0.204. The Balaban J connectivity index is 0. The average molecular weight is 157 g/mol. The van der Waals surface area contributed by atoms with Gasteiger partial charge in [-0.2, -0.15) is 0 Å². The molecule has 10 heavy (non-hydrogen) atoms. The topological polar surface area (TPSA) is 26.3 Å². The molecule has 0 rings (SSSR count). The van der Waals surface area contributed by atoms with E-state index in [1.54, 1.807) is 0 Å². The Morgan fingerprint density at radius 2 is 1.80 bits per heavy atom. The van der Waals surface area contributed by atoms with E-state index in [0.717, 1.165) is 0 Å². The van der Waals surface area contributed by atoms with Crippen molar-refractivity contribution in [2.24, 2.45) is 5.41 Å². The van der Waals surface area contributed by atoms with Gasteiger partial charge in [-0.3, -0.25) is 4.79 Å². The van der Waals surface area contributed by atoms with Gasteiger partial charge in [0.25, 0.3) is 0 Å². The lowest BCUT2D eigenvalue weighted by Gasteiger charge is -2.16. The van der Waals surface area contributed by atoms with Crippen LogP contribution >= 0.6 is 0 Å². The lowest BCUT2D eigenvalue weighted by Crippen LogP contribution is -2.16. The van der Waals surface area contributed by atoms with Crippen LogP contribution in [0.3, 0.4) is 0 Å². The smallest absolute Gasteiger partial charge is 0.316 e. The van der Waals surface area contributed by atoms with Crippen molar-refractivity contribution in [2.45, 2.75) is 27.7 Å². The molecule has 0 radical (unpaired) electrons.